The first-order chi connectivity index (χ1) is 7.56. The van der Waals surface area contributed by atoms with E-state index in [0.29, 0.717) is 6.54 Å². The molecule has 0 aromatic heterocycles. The van der Waals surface area contributed by atoms with Crippen molar-refractivity contribution < 1.29 is 14.8 Å². The lowest BCUT2D eigenvalue weighted by atomic mass is 10.1. The van der Waals surface area contributed by atoms with E-state index in [9.17, 15) is 14.9 Å². The second-order valence-electron chi connectivity index (χ2n) is 3.22. The molecule has 86 valence electrons. The van der Waals surface area contributed by atoms with Crippen molar-refractivity contribution >= 4 is 17.3 Å². The molecule has 0 unspecified atom stereocenters. The lowest BCUT2D eigenvalue weighted by molar-refractivity contribution is -0.384. The van der Waals surface area contributed by atoms with E-state index in [1.54, 1.807) is 0 Å². The first kappa shape index (κ1) is 12.0. The second kappa shape index (κ2) is 5.11. The van der Waals surface area contributed by atoms with Crippen molar-refractivity contribution in [1.29, 1.82) is 0 Å². The van der Waals surface area contributed by atoms with E-state index >= 15 is 0 Å². The van der Waals surface area contributed by atoms with Gasteiger partial charge in [-0.1, -0.05) is 6.92 Å². The topological polar surface area (TPSA) is 92.5 Å². The number of hydrogen-bond donors (Lipinski definition) is 2. The molecule has 0 aliphatic rings. The van der Waals surface area contributed by atoms with Crippen molar-refractivity contribution in [2.75, 3.05) is 11.9 Å². The van der Waals surface area contributed by atoms with Crippen LogP contribution in [-0.4, -0.2) is 22.5 Å². The molecule has 16 heavy (non-hydrogen) atoms. The fourth-order valence-corrected chi connectivity index (χ4v) is 1.23. The molecular weight excluding hydrogens is 212 g/mol. The fraction of sp³-hybridized carbons (Fsp3) is 0.300. The Bertz CT molecular complexity index is 417. The molecule has 0 saturated heterocycles. The van der Waals surface area contributed by atoms with Gasteiger partial charge >= 0.3 is 5.97 Å². The average molecular weight is 224 g/mol. The maximum absolute atomic E-state index is 10.7. The minimum absolute atomic E-state index is 0.0317. The predicted molar refractivity (Wildman–Crippen MR) is 58.8 cm³/mol. The molecule has 0 heterocycles. The number of nitro groups is 1. The maximum Gasteiger partial charge on any atom is 0.335 e. The van der Waals surface area contributed by atoms with Gasteiger partial charge in [0.25, 0.3) is 5.69 Å². The van der Waals surface area contributed by atoms with Crippen molar-refractivity contribution in [3.05, 3.63) is 33.9 Å². The van der Waals surface area contributed by atoms with Crippen LogP contribution < -0.4 is 5.32 Å². The van der Waals surface area contributed by atoms with Gasteiger partial charge in [-0.25, -0.2) is 4.79 Å². The third-order valence-electron chi connectivity index (χ3n) is 2.01. The van der Waals surface area contributed by atoms with Gasteiger partial charge in [-0.15, -0.1) is 0 Å². The van der Waals surface area contributed by atoms with Gasteiger partial charge in [0, 0.05) is 12.6 Å². The first-order valence-electron chi connectivity index (χ1n) is 4.82. The summed E-state index contributed by atoms with van der Waals surface area (Å²) in [5.74, 6) is -1.10. The summed E-state index contributed by atoms with van der Waals surface area (Å²) in [4.78, 5) is 20.9. The summed E-state index contributed by atoms with van der Waals surface area (Å²) in [6.07, 6.45) is 0.800. The van der Waals surface area contributed by atoms with E-state index in [1.165, 1.54) is 18.2 Å². The molecule has 0 amide bonds. The molecule has 6 heteroatoms. The second-order valence-corrected chi connectivity index (χ2v) is 3.22. The molecule has 6 nitrogen and oxygen atoms in total. The molecule has 1 aromatic rings. The molecule has 0 aliphatic heterocycles. The lowest BCUT2D eigenvalue weighted by Crippen LogP contribution is -2.05. The van der Waals surface area contributed by atoms with Gasteiger partial charge in [-0.2, -0.15) is 0 Å². The molecule has 1 rings (SSSR count). The minimum Gasteiger partial charge on any atom is -0.478 e. The number of aromatic carboxylic acids is 1. The molecule has 2 N–H and O–H groups in total. The van der Waals surface area contributed by atoms with Crippen LogP contribution in [0.4, 0.5) is 11.4 Å². The largest absolute Gasteiger partial charge is 0.478 e. The van der Waals surface area contributed by atoms with Gasteiger partial charge in [0.1, 0.15) is 5.69 Å². The van der Waals surface area contributed by atoms with Gasteiger partial charge in [0.2, 0.25) is 0 Å². The number of nitro benzene ring substituents is 1. The Morgan fingerprint density at radius 3 is 2.75 bits per heavy atom. The van der Waals surface area contributed by atoms with Crippen molar-refractivity contribution in [3.8, 4) is 0 Å². The van der Waals surface area contributed by atoms with Crippen molar-refractivity contribution in [1.82, 2.24) is 0 Å². The van der Waals surface area contributed by atoms with Crippen LogP contribution in [0.3, 0.4) is 0 Å². The zero-order valence-corrected chi connectivity index (χ0v) is 8.77. The Hall–Kier alpha value is -2.11. The number of carboxylic acid groups (broad SMARTS) is 1. The van der Waals surface area contributed by atoms with Crippen molar-refractivity contribution in [3.63, 3.8) is 0 Å². The SMILES string of the molecule is CCCNc1cc(C(=O)O)ccc1[N+](=O)[O-]. The summed E-state index contributed by atoms with van der Waals surface area (Å²) < 4.78 is 0. The third-order valence-corrected chi connectivity index (χ3v) is 2.01. The number of rotatable bonds is 5. The van der Waals surface area contributed by atoms with E-state index in [0.717, 1.165) is 6.42 Å². The number of benzene rings is 1. The predicted octanol–water partition coefficient (Wildman–Crippen LogP) is 2.11. The van der Waals surface area contributed by atoms with Crippen LogP contribution in [0.2, 0.25) is 0 Å². The molecular formula is C10H12N2O4. The Balaban J connectivity index is 3.10. The van der Waals surface area contributed by atoms with Gasteiger partial charge in [-0.05, 0) is 18.6 Å². The van der Waals surface area contributed by atoms with E-state index < -0.39 is 10.9 Å². The Morgan fingerprint density at radius 2 is 2.25 bits per heavy atom. The van der Waals surface area contributed by atoms with Crippen LogP contribution >= 0.6 is 0 Å². The third kappa shape index (κ3) is 2.69. The lowest BCUT2D eigenvalue weighted by Gasteiger charge is -2.06. The number of nitrogens with one attached hydrogen (secondary N) is 1. The molecule has 0 bridgehead atoms. The number of anilines is 1. The quantitative estimate of drug-likeness (QED) is 0.590. The van der Waals surface area contributed by atoms with Crippen LogP contribution in [0.5, 0.6) is 0 Å². The minimum atomic E-state index is -1.10. The van der Waals surface area contributed by atoms with Crippen LogP contribution in [0, 0.1) is 10.1 Å². The first-order valence-corrected chi connectivity index (χ1v) is 4.82. The van der Waals surface area contributed by atoms with Crippen LogP contribution in [0.25, 0.3) is 0 Å². The number of hydrogen-bond acceptors (Lipinski definition) is 4. The molecule has 0 atom stereocenters. The molecule has 0 aliphatic carbocycles. The average Bonchev–Trinajstić information content (AvgIpc) is 2.25. The van der Waals surface area contributed by atoms with E-state index in [1.807, 2.05) is 6.92 Å². The van der Waals surface area contributed by atoms with Gasteiger partial charge in [-0.3, -0.25) is 10.1 Å². The van der Waals surface area contributed by atoms with Crippen molar-refractivity contribution in [2.45, 2.75) is 13.3 Å². The highest BCUT2D eigenvalue weighted by Gasteiger charge is 2.15. The summed E-state index contributed by atoms with van der Waals surface area (Å²) in [6, 6.07) is 3.69. The van der Waals surface area contributed by atoms with Gasteiger partial charge in [0.05, 0.1) is 10.5 Å². The zero-order valence-electron chi connectivity index (χ0n) is 8.77. The smallest absolute Gasteiger partial charge is 0.335 e. The van der Waals surface area contributed by atoms with E-state index in [2.05, 4.69) is 5.32 Å². The van der Waals surface area contributed by atoms with Gasteiger partial charge in [0.15, 0.2) is 0 Å². The summed E-state index contributed by atoms with van der Waals surface area (Å²) in [5, 5.41) is 22.3. The fourth-order valence-electron chi connectivity index (χ4n) is 1.23. The van der Waals surface area contributed by atoms with E-state index in [4.69, 9.17) is 5.11 Å². The highest BCUT2D eigenvalue weighted by molar-refractivity contribution is 5.90. The standard InChI is InChI=1S/C10H12N2O4/c1-2-5-11-8-6-7(10(13)14)3-4-9(8)12(15)16/h3-4,6,11H,2,5H2,1H3,(H,13,14). The van der Waals surface area contributed by atoms with Crippen LogP contribution in [-0.2, 0) is 0 Å². The van der Waals surface area contributed by atoms with Crippen LogP contribution in [0.1, 0.15) is 23.7 Å². The summed E-state index contributed by atoms with van der Waals surface area (Å²) in [7, 11) is 0. The molecule has 1 aromatic carbocycles. The highest BCUT2D eigenvalue weighted by atomic mass is 16.6. The van der Waals surface area contributed by atoms with Gasteiger partial charge < -0.3 is 10.4 Å². The number of nitrogens with zero attached hydrogens (tertiary/aromatic N) is 1. The summed E-state index contributed by atoms with van der Waals surface area (Å²) in [6.45, 7) is 2.48. The zero-order chi connectivity index (χ0) is 12.1. The summed E-state index contributed by atoms with van der Waals surface area (Å²) >= 11 is 0. The summed E-state index contributed by atoms with van der Waals surface area (Å²) in [5.41, 5.74) is 0.161. The highest BCUT2D eigenvalue weighted by Crippen LogP contribution is 2.25. The van der Waals surface area contributed by atoms with Crippen LogP contribution in [0.15, 0.2) is 18.2 Å². The molecule has 0 fully saturated rings. The monoisotopic (exact) mass is 224 g/mol. The number of carboxylic acids is 1. The Labute approximate surface area is 92.0 Å². The van der Waals surface area contributed by atoms with E-state index in [-0.39, 0.29) is 16.9 Å². The van der Waals surface area contributed by atoms with Crippen molar-refractivity contribution in [2.24, 2.45) is 0 Å². The molecule has 0 radical (unpaired) electrons. The Morgan fingerprint density at radius 1 is 1.56 bits per heavy atom. The molecule has 0 spiro atoms. The maximum atomic E-state index is 10.7. The normalized spacial score (nSPS) is 9.81. The Kier molecular flexibility index (Phi) is 3.82. The number of carbonyl (C=O) groups is 1. The molecule has 0 saturated carbocycles.